The first kappa shape index (κ1) is 15.6. The molecule has 0 aromatic heterocycles. The second-order valence-electron chi connectivity index (χ2n) is 5.92. The molecule has 1 saturated heterocycles. The van der Waals surface area contributed by atoms with E-state index in [9.17, 15) is 4.79 Å². The molecule has 0 bridgehead atoms. The Hall–Kier alpha value is -0.420. The maximum atomic E-state index is 11.8. The Balaban J connectivity index is 2.31. The number of carbonyl (C=O) groups excluding carboxylic acids is 1. The highest BCUT2D eigenvalue weighted by Crippen LogP contribution is 2.25. The van der Waals surface area contributed by atoms with Gasteiger partial charge in [0.2, 0.25) is 0 Å². The van der Waals surface area contributed by atoms with Crippen molar-refractivity contribution >= 4 is 17.8 Å². The van der Waals surface area contributed by atoms with Gasteiger partial charge in [0.05, 0.1) is 0 Å². The molecule has 1 fully saturated rings. The molecule has 0 saturated carbocycles. The van der Waals surface area contributed by atoms with Crippen molar-refractivity contribution in [3.05, 3.63) is 0 Å². The second-order valence-corrected chi connectivity index (χ2v) is 7.33. The van der Waals surface area contributed by atoms with Gasteiger partial charge < -0.3 is 15.7 Å². The molecular weight excluding hydrogens is 248 g/mol. The first-order valence-corrected chi connectivity index (χ1v) is 7.75. The number of hydrogen-bond acceptors (Lipinski definition) is 3. The zero-order chi connectivity index (χ0) is 13.6. The number of aliphatic hydroxyl groups excluding tert-OH is 1. The molecule has 0 unspecified atom stereocenters. The van der Waals surface area contributed by atoms with E-state index >= 15 is 0 Å². The fraction of sp³-hybridized carbons (Fsp3) is 0.923. The molecule has 0 spiro atoms. The number of urea groups is 1. The average molecular weight is 274 g/mol. The second kappa shape index (κ2) is 7.24. The van der Waals surface area contributed by atoms with Gasteiger partial charge in [-0.25, -0.2) is 4.79 Å². The van der Waals surface area contributed by atoms with Crippen molar-refractivity contribution in [3.63, 3.8) is 0 Å². The number of carbonyl (C=O) groups is 1. The summed E-state index contributed by atoms with van der Waals surface area (Å²) in [4.78, 5) is 11.8. The Morgan fingerprint density at radius 2 is 2.22 bits per heavy atom. The molecule has 2 atom stereocenters. The third-order valence-corrected chi connectivity index (χ3v) is 4.68. The number of hydrogen-bond donors (Lipinski definition) is 3. The van der Waals surface area contributed by atoms with Gasteiger partial charge in [-0.1, -0.05) is 20.8 Å². The molecule has 0 aromatic rings. The fourth-order valence-electron chi connectivity index (χ4n) is 2.07. The molecule has 2 amide bonds. The summed E-state index contributed by atoms with van der Waals surface area (Å²) in [5.74, 6) is 1.21. The van der Waals surface area contributed by atoms with E-state index in [1.54, 1.807) is 0 Å². The Morgan fingerprint density at radius 3 is 2.72 bits per heavy atom. The van der Waals surface area contributed by atoms with Crippen LogP contribution in [0.15, 0.2) is 0 Å². The van der Waals surface area contributed by atoms with Gasteiger partial charge in [-0.15, -0.1) is 0 Å². The lowest BCUT2D eigenvalue weighted by Crippen LogP contribution is -2.49. The zero-order valence-corrected chi connectivity index (χ0v) is 12.5. The lowest BCUT2D eigenvalue weighted by Gasteiger charge is -2.31. The van der Waals surface area contributed by atoms with Crippen LogP contribution < -0.4 is 10.6 Å². The van der Waals surface area contributed by atoms with Crippen molar-refractivity contribution in [2.75, 3.05) is 18.9 Å². The van der Waals surface area contributed by atoms with Crippen molar-refractivity contribution in [3.8, 4) is 0 Å². The number of thioether (sulfide) groups is 1. The highest BCUT2D eigenvalue weighted by atomic mass is 32.2. The van der Waals surface area contributed by atoms with Gasteiger partial charge in [-0.3, -0.25) is 0 Å². The van der Waals surface area contributed by atoms with Gasteiger partial charge in [0.15, 0.2) is 0 Å². The molecule has 1 heterocycles. The third-order valence-electron chi connectivity index (χ3n) is 3.28. The van der Waals surface area contributed by atoms with Gasteiger partial charge in [0, 0.05) is 24.4 Å². The lowest BCUT2D eigenvalue weighted by atomic mass is 9.85. The van der Waals surface area contributed by atoms with E-state index in [1.807, 2.05) is 11.8 Å². The minimum Gasteiger partial charge on any atom is -0.396 e. The van der Waals surface area contributed by atoms with Gasteiger partial charge in [-0.2, -0.15) is 11.8 Å². The summed E-state index contributed by atoms with van der Waals surface area (Å²) >= 11 is 1.94. The molecule has 1 rings (SSSR count). The Labute approximate surface area is 114 Å². The summed E-state index contributed by atoms with van der Waals surface area (Å²) in [6, 6.07) is -0.116. The van der Waals surface area contributed by atoms with Crippen molar-refractivity contribution < 1.29 is 9.90 Å². The van der Waals surface area contributed by atoms with Crippen molar-refractivity contribution in [2.45, 2.75) is 51.3 Å². The summed E-state index contributed by atoms with van der Waals surface area (Å²) < 4.78 is 0. The van der Waals surface area contributed by atoms with Crippen LogP contribution in [0, 0.1) is 5.41 Å². The van der Waals surface area contributed by atoms with Crippen LogP contribution in [0.4, 0.5) is 4.79 Å². The summed E-state index contributed by atoms with van der Waals surface area (Å²) in [6.07, 6.45) is 3.05. The Morgan fingerprint density at radius 1 is 1.50 bits per heavy atom. The SMILES string of the molecule is CC(C)(C)[C@H](CCO)NC(=O)NC[C@@H]1CCCS1. The summed E-state index contributed by atoms with van der Waals surface area (Å²) in [7, 11) is 0. The molecule has 0 aliphatic carbocycles. The molecule has 0 radical (unpaired) electrons. The largest absolute Gasteiger partial charge is 0.396 e. The standard InChI is InChI=1S/C13H26N2O2S/c1-13(2,3)11(6-7-16)15-12(17)14-9-10-5-4-8-18-10/h10-11,16H,4-9H2,1-3H3,(H2,14,15,17)/t10-,11-/m0/s1. The third kappa shape index (κ3) is 5.48. The number of nitrogens with one attached hydrogen (secondary N) is 2. The molecular formula is C13H26N2O2S. The van der Waals surface area contributed by atoms with Crippen LogP contribution in [-0.2, 0) is 0 Å². The van der Waals surface area contributed by atoms with E-state index in [0.29, 0.717) is 11.7 Å². The highest BCUT2D eigenvalue weighted by Gasteiger charge is 2.26. The monoisotopic (exact) mass is 274 g/mol. The van der Waals surface area contributed by atoms with Crippen molar-refractivity contribution in [1.82, 2.24) is 10.6 Å². The van der Waals surface area contributed by atoms with Gasteiger partial charge >= 0.3 is 6.03 Å². The van der Waals surface area contributed by atoms with Crippen molar-refractivity contribution in [2.24, 2.45) is 5.41 Å². The molecule has 5 heteroatoms. The van der Waals surface area contributed by atoms with E-state index in [0.717, 1.165) is 6.54 Å². The maximum absolute atomic E-state index is 11.8. The molecule has 18 heavy (non-hydrogen) atoms. The number of amides is 2. The minimum absolute atomic E-state index is 0.00117. The predicted octanol–water partition coefficient (Wildman–Crippen LogP) is 1.98. The van der Waals surface area contributed by atoms with E-state index in [1.165, 1.54) is 18.6 Å². The first-order chi connectivity index (χ1) is 8.43. The van der Waals surface area contributed by atoms with E-state index in [-0.39, 0.29) is 24.1 Å². The molecule has 1 aliphatic heterocycles. The van der Waals surface area contributed by atoms with E-state index < -0.39 is 0 Å². The molecule has 1 aliphatic rings. The van der Waals surface area contributed by atoms with E-state index in [4.69, 9.17) is 5.11 Å². The van der Waals surface area contributed by atoms with Crippen LogP contribution in [0.1, 0.15) is 40.0 Å². The predicted molar refractivity (Wildman–Crippen MR) is 77.0 cm³/mol. The zero-order valence-electron chi connectivity index (χ0n) is 11.7. The van der Waals surface area contributed by atoms with Crippen LogP contribution >= 0.6 is 11.8 Å². The van der Waals surface area contributed by atoms with Gasteiger partial charge in [-0.05, 0) is 30.4 Å². The highest BCUT2D eigenvalue weighted by molar-refractivity contribution is 8.00. The average Bonchev–Trinajstić information content (AvgIpc) is 2.77. The van der Waals surface area contributed by atoms with Crippen LogP contribution in [0.5, 0.6) is 0 Å². The molecule has 4 nitrogen and oxygen atoms in total. The summed E-state index contributed by atoms with van der Waals surface area (Å²) in [5, 5.41) is 15.5. The van der Waals surface area contributed by atoms with Crippen LogP contribution in [0.25, 0.3) is 0 Å². The fourth-order valence-corrected chi connectivity index (χ4v) is 3.27. The maximum Gasteiger partial charge on any atom is 0.315 e. The minimum atomic E-state index is -0.115. The van der Waals surface area contributed by atoms with Crippen molar-refractivity contribution in [1.29, 1.82) is 0 Å². The quantitative estimate of drug-likeness (QED) is 0.718. The summed E-state index contributed by atoms with van der Waals surface area (Å²) in [6.45, 7) is 7.05. The normalized spacial score (nSPS) is 21.7. The lowest BCUT2D eigenvalue weighted by molar-refractivity contribution is 0.189. The molecule has 3 N–H and O–H groups in total. The topological polar surface area (TPSA) is 61.4 Å². The van der Waals surface area contributed by atoms with Crippen LogP contribution in [-0.4, -0.2) is 41.3 Å². The molecule has 106 valence electrons. The van der Waals surface area contributed by atoms with Crippen LogP contribution in [0.3, 0.4) is 0 Å². The summed E-state index contributed by atoms with van der Waals surface area (Å²) in [5.41, 5.74) is -0.0395. The Kier molecular flexibility index (Phi) is 6.29. The first-order valence-electron chi connectivity index (χ1n) is 6.70. The number of aliphatic hydroxyl groups is 1. The van der Waals surface area contributed by atoms with Gasteiger partial charge in [0.25, 0.3) is 0 Å². The van der Waals surface area contributed by atoms with Gasteiger partial charge in [0.1, 0.15) is 0 Å². The van der Waals surface area contributed by atoms with E-state index in [2.05, 4.69) is 31.4 Å². The van der Waals surface area contributed by atoms with Crippen LogP contribution in [0.2, 0.25) is 0 Å². The Bertz CT molecular complexity index is 260. The smallest absolute Gasteiger partial charge is 0.315 e. The number of rotatable bonds is 5. The molecule has 0 aromatic carbocycles.